The third-order valence-corrected chi connectivity index (χ3v) is 3.89. The van der Waals surface area contributed by atoms with E-state index in [-0.39, 0.29) is 6.09 Å². The number of hydrogen-bond donors (Lipinski definition) is 0. The van der Waals surface area contributed by atoms with E-state index in [1.54, 1.807) is 4.90 Å². The second kappa shape index (κ2) is 8.51. The Balaban J connectivity index is 2.10. The van der Waals surface area contributed by atoms with Gasteiger partial charge in [0.1, 0.15) is 17.2 Å². The first kappa shape index (κ1) is 18.8. The van der Waals surface area contributed by atoms with E-state index in [2.05, 4.69) is 20.9 Å². The molecule has 0 atom stereocenters. The van der Waals surface area contributed by atoms with Crippen molar-refractivity contribution in [1.82, 2.24) is 4.90 Å². The van der Waals surface area contributed by atoms with Gasteiger partial charge in [-0.1, -0.05) is 15.9 Å². The van der Waals surface area contributed by atoms with Crippen LogP contribution >= 0.6 is 15.9 Å². The Morgan fingerprint density at radius 3 is 2.62 bits per heavy atom. The predicted octanol–water partition coefficient (Wildman–Crippen LogP) is 4.24. The summed E-state index contributed by atoms with van der Waals surface area (Å²) in [5, 5.41) is 0.923. The summed E-state index contributed by atoms with van der Waals surface area (Å²) in [7, 11) is 0. The van der Waals surface area contributed by atoms with Gasteiger partial charge < -0.3 is 9.47 Å². The van der Waals surface area contributed by atoms with Gasteiger partial charge in [-0.25, -0.2) is 4.79 Å². The van der Waals surface area contributed by atoms with Crippen molar-refractivity contribution in [2.75, 3.05) is 25.0 Å². The zero-order valence-electron chi connectivity index (χ0n) is 14.5. The molecule has 2 rings (SSSR count). The maximum atomic E-state index is 12.4. The van der Waals surface area contributed by atoms with Crippen molar-refractivity contribution in [3.63, 3.8) is 0 Å². The number of ether oxygens (including phenoxy) is 2. The summed E-state index contributed by atoms with van der Waals surface area (Å²) in [6.45, 7) is 7.62. The number of amides is 1. The lowest BCUT2D eigenvalue weighted by atomic mass is 10.1. The van der Waals surface area contributed by atoms with Gasteiger partial charge in [0.05, 0.1) is 6.61 Å². The lowest BCUT2D eigenvalue weighted by molar-refractivity contribution is 0.0364. The molecule has 0 radical (unpaired) electrons. The number of amidine groups is 1. The SMILES string of the molecule is CC(C)(C)OC(=O)N1CCCN=C1c1ccc(OCCCBr)cc1. The summed E-state index contributed by atoms with van der Waals surface area (Å²) in [6.07, 6.45) is 1.45. The second-order valence-corrected chi connectivity index (χ2v) is 7.40. The predicted molar refractivity (Wildman–Crippen MR) is 99.3 cm³/mol. The van der Waals surface area contributed by atoms with E-state index < -0.39 is 5.60 Å². The molecule has 0 aromatic heterocycles. The molecule has 0 saturated carbocycles. The van der Waals surface area contributed by atoms with Crippen LogP contribution in [-0.4, -0.2) is 47.5 Å². The van der Waals surface area contributed by atoms with Gasteiger partial charge in [-0.2, -0.15) is 0 Å². The largest absolute Gasteiger partial charge is 0.494 e. The Labute approximate surface area is 152 Å². The molecule has 1 heterocycles. The molecule has 5 nitrogen and oxygen atoms in total. The maximum Gasteiger partial charge on any atom is 0.416 e. The molecule has 1 aliphatic rings. The Kier molecular flexibility index (Phi) is 6.66. The molecule has 24 heavy (non-hydrogen) atoms. The maximum absolute atomic E-state index is 12.4. The molecule has 1 amide bonds. The highest BCUT2D eigenvalue weighted by molar-refractivity contribution is 9.09. The highest BCUT2D eigenvalue weighted by Crippen LogP contribution is 2.19. The second-order valence-electron chi connectivity index (χ2n) is 6.61. The minimum absolute atomic E-state index is 0.349. The number of aliphatic imine (C=N–C) groups is 1. The fourth-order valence-corrected chi connectivity index (χ4v) is 2.52. The number of hydrogen-bond acceptors (Lipinski definition) is 4. The summed E-state index contributed by atoms with van der Waals surface area (Å²) >= 11 is 3.38. The average Bonchev–Trinajstić information content (AvgIpc) is 2.54. The van der Waals surface area contributed by atoms with E-state index in [0.717, 1.165) is 36.0 Å². The van der Waals surface area contributed by atoms with E-state index in [1.807, 2.05) is 45.0 Å². The van der Waals surface area contributed by atoms with Crippen LogP contribution in [-0.2, 0) is 4.74 Å². The highest BCUT2D eigenvalue weighted by Gasteiger charge is 2.28. The molecule has 0 fully saturated rings. The van der Waals surface area contributed by atoms with Crippen LogP contribution in [0, 0.1) is 0 Å². The molecule has 0 unspecified atom stereocenters. The van der Waals surface area contributed by atoms with Crippen molar-refractivity contribution in [3.8, 4) is 5.75 Å². The first-order valence-electron chi connectivity index (χ1n) is 8.25. The van der Waals surface area contributed by atoms with Crippen LogP contribution in [0.1, 0.15) is 39.2 Å². The number of halogens is 1. The van der Waals surface area contributed by atoms with Gasteiger partial charge in [0.15, 0.2) is 0 Å². The molecule has 6 heteroatoms. The van der Waals surface area contributed by atoms with Gasteiger partial charge in [0.2, 0.25) is 0 Å². The molecule has 0 aliphatic carbocycles. The number of carbonyl (C=O) groups excluding carboxylic acids is 1. The fraction of sp³-hybridized carbons (Fsp3) is 0.556. The van der Waals surface area contributed by atoms with Crippen molar-refractivity contribution in [3.05, 3.63) is 29.8 Å². The number of rotatable bonds is 5. The normalized spacial score (nSPS) is 15.0. The van der Waals surface area contributed by atoms with Crippen LogP contribution in [0.15, 0.2) is 29.3 Å². The smallest absolute Gasteiger partial charge is 0.416 e. The molecule has 1 aromatic rings. The van der Waals surface area contributed by atoms with Gasteiger partial charge in [0.25, 0.3) is 0 Å². The van der Waals surface area contributed by atoms with Gasteiger partial charge in [0, 0.05) is 24.0 Å². The third kappa shape index (κ3) is 5.51. The molecule has 0 spiro atoms. The van der Waals surface area contributed by atoms with Crippen LogP contribution in [0.2, 0.25) is 0 Å². The minimum Gasteiger partial charge on any atom is -0.494 e. The Bertz CT molecular complexity index is 579. The number of alkyl halides is 1. The van der Waals surface area contributed by atoms with Crippen molar-refractivity contribution in [1.29, 1.82) is 0 Å². The summed E-state index contributed by atoms with van der Waals surface area (Å²) in [5.41, 5.74) is 0.376. The molecule has 1 aliphatic heterocycles. The van der Waals surface area contributed by atoms with Crippen molar-refractivity contribution < 1.29 is 14.3 Å². The van der Waals surface area contributed by atoms with Crippen LogP contribution in [0.25, 0.3) is 0 Å². The van der Waals surface area contributed by atoms with Gasteiger partial charge >= 0.3 is 6.09 Å². The number of benzene rings is 1. The van der Waals surface area contributed by atoms with Gasteiger partial charge in [-0.05, 0) is 57.9 Å². The Morgan fingerprint density at radius 2 is 2.00 bits per heavy atom. The van der Waals surface area contributed by atoms with E-state index in [4.69, 9.17) is 9.47 Å². The molecule has 132 valence electrons. The van der Waals surface area contributed by atoms with E-state index in [0.29, 0.717) is 19.0 Å². The van der Waals surface area contributed by atoms with Crippen LogP contribution < -0.4 is 4.74 Å². The Hall–Kier alpha value is -1.56. The molecule has 0 N–H and O–H groups in total. The highest BCUT2D eigenvalue weighted by atomic mass is 79.9. The third-order valence-electron chi connectivity index (χ3n) is 3.33. The van der Waals surface area contributed by atoms with Crippen molar-refractivity contribution >= 4 is 27.9 Å². The van der Waals surface area contributed by atoms with Crippen molar-refractivity contribution in [2.24, 2.45) is 4.99 Å². The monoisotopic (exact) mass is 396 g/mol. The van der Waals surface area contributed by atoms with E-state index in [1.165, 1.54) is 0 Å². The molecule has 1 aromatic carbocycles. The average molecular weight is 397 g/mol. The fourth-order valence-electron chi connectivity index (χ4n) is 2.29. The van der Waals surface area contributed by atoms with Crippen LogP contribution in [0.3, 0.4) is 0 Å². The zero-order valence-corrected chi connectivity index (χ0v) is 16.1. The number of nitrogens with zero attached hydrogens (tertiary/aromatic N) is 2. The molecule has 0 saturated heterocycles. The topological polar surface area (TPSA) is 51.1 Å². The lowest BCUT2D eigenvalue weighted by Gasteiger charge is -2.30. The first-order chi connectivity index (χ1) is 11.4. The van der Waals surface area contributed by atoms with Gasteiger partial charge in [-0.15, -0.1) is 0 Å². The zero-order chi connectivity index (χ0) is 17.6. The number of carbonyl (C=O) groups is 1. The van der Waals surface area contributed by atoms with E-state index in [9.17, 15) is 4.79 Å². The Morgan fingerprint density at radius 1 is 1.29 bits per heavy atom. The summed E-state index contributed by atoms with van der Waals surface area (Å²) in [4.78, 5) is 18.6. The van der Waals surface area contributed by atoms with Crippen molar-refractivity contribution in [2.45, 2.75) is 39.2 Å². The van der Waals surface area contributed by atoms with Gasteiger partial charge in [-0.3, -0.25) is 9.89 Å². The summed E-state index contributed by atoms with van der Waals surface area (Å²) in [6, 6.07) is 7.69. The van der Waals surface area contributed by atoms with Crippen LogP contribution in [0.4, 0.5) is 4.79 Å². The quantitative estimate of drug-likeness (QED) is 0.552. The van der Waals surface area contributed by atoms with Crippen LogP contribution in [0.5, 0.6) is 5.75 Å². The summed E-state index contributed by atoms with van der Waals surface area (Å²) in [5.74, 6) is 1.49. The molecular formula is C18H25BrN2O3. The lowest BCUT2D eigenvalue weighted by Crippen LogP contribution is -2.44. The standard InChI is InChI=1S/C18H25BrN2O3/c1-18(2,3)24-17(22)21-12-5-11-20-16(21)14-6-8-15(9-7-14)23-13-4-10-19/h6-9H,4-5,10-13H2,1-3H3. The van der Waals surface area contributed by atoms with E-state index >= 15 is 0 Å². The first-order valence-corrected chi connectivity index (χ1v) is 9.37. The molecule has 0 bridgehead atoms. The minimum atomic E-state index is -0.521. The molecular weight excluding hydrogens is 372 g/mol. The summed E-state index contributed by atoms with van der Waals surface area (Å²) < 4.78 is 11.1.